The number of hydrogen-bond donors (Lipinski definition) is 1. The van der Waals surface area contributed by atoms with Crippen LogP contribution in [0.25, 0.3) is 10.9 Å². The van der Waals surface area contributed by atoms with E-state index in [1.807, 2.05) is 17.5 Å². The van der Waals surface area contributed by atoms with Crippen molar-refractivity contribution in [2.45, 2.75) is 12.7 Å². The van der Waals surface area contributed by atoms with Gasteiger partial charge in [0.05, 0.1) is 23.2 Å². The number of nitrogens with one attached hydrogen (secondary N) is 1. The maximum atomic E-state index is 13.1. The molecule has 1 N–H and O–H groups in total. The molecule has 0 saturated heterocycles. The summed E-state index contributed by atoms with van der Waals surface area (Å²) in [6, 6.07) is 8.73. The summed E-state index contributed by atoms with van der Waals surface area (Å²) in [7, 11) is 0. The Kier molecular flexibility index (Phi) is 4.04. The molecule has 2 aromatic heterocycles. The van der Waals surface area contributed by atoms with Crippen molar-refractivity contribution < 1.29 is 18.0 Å². The fourth-order valence-electron chi connectivity index (χ4n) is 2.20. The number of hydrogen-bond acceptors (Lipinski definition) is 3. The first-order valence-electron chi connectivity index (χ1n) is 6.72. The lowest BCUT2D eigenvalue weighted by molar-refractivity contribution is -0.136. The van der Waals surface area contributed by atoms with Gasteiger partial charge in [0.2, 0.25) is 0 Å². The number of pyridine rings is 1. The molecule has 0 spiro atoms. The summed E-state index contributed by atoms with van der Waals surface area (Å²) >= 11 is 1.49. The lowest BCUT2D eigenvalue weighted by atomic mass is 10.1. The predicted molar refractivity (Wildman–Crippen MR) is 82.2 cm³/mol. The fourth-order valence-corrected chi connectivity index (χ4v) is 2.85. The Morgan fingerprint density at radius 2 is 2.04 bits per heavy atom. The second kappa shape index (κ2) is 6.00. The van der Waals surface area contributed by atoms with Gasteiger partial charge in [-0.05, 0) is 29.6 Å². The van der Waals surface area contributed by atoms with E-state index in [1.54, 1.807) is 0 Å². The van der Waals surface area contributed by atoms with Crippen LogP contribution >= 0.6 is 11.3 Å². The Labute approximate surface area is 133 Å². The number of amides is 1. The molecule has 3 rings (SSSR count). The number of alkyl halides is 3. The van der Waals surface area contributed by atoms with Gasteiger partial charge in [-0.25, -0.2) is 0 Å². The van der Waals surface area contributed by atoms with Crippen molar-refractivity contribution in [3.05, 3.63) is 64.0 Å². The third-order valence-corrected chi connectivity index (χ3v) is 4.17. The molecule has 0 radical (unpaired) electrons. The Morgan fingerprint density at radius 1 is 1.22 bits per heavy atom. The molecule has 0 aliphatic heterocycles. The van der Waals surface area contributed by atoms with Crippen LogP contribution in [-0.2, 0) is 12.7 Å². The van der Waals surface area contributed by atoms with E-state index < -0.39 is 17.6 Å². The molecule has 23 heavy (non-hydrogen) atoms. The van der Waals surface area contributed by atoms with Crippen molar-refractivity contribution >= 4 is 28.1 Å². The molecule has 0 atom stereocenters. The van der Waals surface area contributed by atoms with E-state index in [9.17, 15) is 18.0 Å². The van der Waals surface area contributed by atoms with Crippen LogP contribution in [0, 0.1) is 0 Å². The monoisotopic (exact) mass is 336 g/mol. The molecule has 7 heteroatoms. The molecule has 2 heterocycles. The van der Waals surface area contributed by atoms with Gasteiger partial charge in [-0.2, -0.15) is 13.2 Å². The number of thiophene rings is 1. The number of rotatable bonds is 3. The Hall–Kier alpha value is -2.41. The number of halogens is 3. The highest BCUT2D eigenvalue weighted by Gasteiger charge is 2.32. The summed E-state index contributed by atoms with van der Waals surface area (Å²) in [4.78, 5) is 17.0. The molecule has 1 aromatic carbocycles. The summed E-state index contributed by atoms with van der Waals surface area (Å²) in [5.74, 6) is -0.454. The van der Waals surface area contributed by atoms with Gasteiger partial charge in [-0.15, -0.1) is 11.3 Å². The normalized spacial score (nSPS) is 11.6. The second-order valence-electron chi connectivity index (χ2n) is 4.86. The van der Waals surface area contributed by atoms with Gasteiger partial charge in [-0.3, -0.25) is 9.78 Å². The van der Waals surface area contributed by atoms with E-state index in [1.165, 1.54) is 35.7 Å². The van der Waals surface area contributed by atoms with Crippen LogP contribution < -0.4 is 5.32 Å². The first kappa shape index (κ1) is 15.5. The van der Waals surface area contributed by atoms with Gasteiger partial charge in [0.25, 0.3) is 5.91 Å². The number of carbonyl (C=O) groups is 1. The SMILES string of the molecule is O=C(NCc1cccs1)c1cnc2cccc(C(F)(F)F)c2c1. The Morgan fingerprint density at radius 3 is 2.74 bits per heavy atom. The maximum Gasteiger partial charge on any atom is 0.417 e. The molecule has 0 saturated carbocycles. The standard InChI is InChI=1S/C16H11F3N2OS/c17-16(18,19)13-4-1-5-14-12(13)7-10(8-20-14)15(22)21-9-11-3-2-6-23-11/h1-8H,9H2,(H,21,22). The molecule has 118 valence electrons. The second-order valence-corrected chi connectivity index (χ2v) is 5.89. The highest BCUT2D eigenvalue weighted by atomic mass is 32.1. The van der Waals surface area contributed by atoms with E-state index in [0.717, 1.165) is 10.9 Å². The van der Waals surface area contributed by atoms with Crippen molar-refractivity contribution in [2.75, 3.05) is 0 Å². The minimum Gasteiger partial charge on any atom is -0.347 e. The van der Waals surface area contributed by atoms with Crippen molar-refractivity contribution in [3.8, 4) is 0 Å². The number of carbonyl (C=O) groups excluding carboxylic acids is 1. The smallest absolute Gasteiger partial charge is 0.347 e. The quantitative estimate of drug-likeness (QED) is 0.777. The molecule has 3 aromatic rings. The van der Waals surface area contributed by atoms with Gasteiger partial charge < -0.3 is 5.32 Å². The molecular formula is C16H11F3N2OS. The third kappa shape index (κ3) is 3.34. The van der Waals surface area contributed by atoms with Crippen molar-refractivity contribution in [2.24, 2.45) is 0 Å². The van der Waals surface area contributed by atoms with Gasteiger partial charge >= 0.3 is 6.18 Å². The summed E-state index contributed by atoms with van der Waals surface area (Å²) < 4.78 is 39.2. The van der Waals surface area contributed by atoms with E-state index in [2.05, 4.69) is 10.3 Å². The average Bonchev–Trinajstić information content (AvgIpc) is 3.04. The summed E-state index contributed by atoms with van der Waals surface area (Å²) in [5, 5.41) is 4.48. The van der Waals surface area contributed by atoms with Crippen LogP contribution in [0.5, 0.6) is 0 Å². The van der Waals surface area contributed by atoms with Gasteiger partial charge in [-0.1, -0.05) is 12.1 Å². The fraction of sp³-hybridized carbons (Fsp3) is 0.125. The molecule has 3 nitrogen and oxygen atoms in total. The van der Waals surface area contributed by atoms with E-state index >= 15 is 0 Å². The van der Waals surface area contributed by atoms with Crippen molar-refractivity contribution in [3.63, 3.8) is 0 Å². The highest BCUT2D eigenvalue weighted by Crippen LogP contribution is 2.34. The zero-order valence-electron chi connectivity index (χ0n) is 11.7. The zero-order valence-corrected chi connectivity index (χ0v) is 12.5. The number of aromatic nitrogens is 1. The zero-order chi connectivity index (χ0) is 16.4. The largest absolute Gasteiger partial charge is 0.417 e. The summed E-state index contributed by atoms with van der Waals surface area (Å²) in [6.45, 7) is 0.329. The summed E-state index contributed by atoms with van der Waals surface area (Å²) in [6.07, 6.45) is -3.21. The lowest BCUT2D eigenvalue weighted by Gasteiger charge is -2.11. The molecule has 0 unspecified atom stereocenters. The Balaban J connectivity index is 1.91. The molecule has 0 bridgehead atoms. The number of benzene rings is 1. The Bertz CT molecular complexity index is 844. The minimum atomic E-state index is -4.49. The van der Waals surface area contributed by atoms with Crippen LogP contribution in [-0.4, -0.2) is 10.9 Å². The topological polar surface area (TPSA) is 42.0 Å². The molecule has 0 aliphatic rings. The van der Waals surface area contributed by atoms with Crippen LogP contribution in [0.2, 0.25) is 0 Å². The van der Waals surface area contributed by atoms with Crippen LogP contribution in [0.4, 0.5) is 13.2 Å². The molecule has 1 amide bonds. The first-order chi connectivity index (χ1) is 10.9. The van der Waals surface area contributed by atoms with E-state index in [-0.39, 0.29) is 16.5 Å². The van der Waals surface area contributed by atoms with E-state index in [4.69, 9.17) is 0 Å². The van der Waals surface area contributed by atoms with Crippen molar-refractivity contribution in [1.82, 2.24) is 10.3 Å². The molecular weight excluding hydrogens is 325 g/mol. The minimum absolute atomic E-state index is 0.0798. The van der Waals surface area contributed by atoms with Crippen LogP contribution in [0.3, 0.4) is 0 Å². The molecule has 0 aliphatic carbocycles. The number of fused-ring (bicyclic) bond motifs is 1. The van der Waals surface area contributed by atoms with Crippen LogP contribution in [0.15, 0.2) is 48.0 Å². The average molecular weight is 336 g/mol. The summed E-state index contributed by atoms with van der Waals surface area (Å²) in [5.41, 5.74) is -0.490. The van der Waals surface area contributed by atoms with Crippen LogP contribution in [0.1, 0.15) is 20.8 Å². The third-order valence-electron chi connectivity index (χ3n) is 3.30. The highest BCUT2D eigenvalue weighted by molar-refractivity contribution is 7.09. The van der Waals surface area contributed by atoms with Crippen molar-refractivity contribution in [1.29, 1.82) is 0 Å². The number of nitrogens with zero attached hydrogens (tertiary/aromatic N) is 1. The van der Waals surface area contributed by atoms with Gasteiger partial charge in [0.1, 0.15) is 0 Å². The van der Waals surface area contributed by atoms with Gasteiger partial charge in [0, 0.05) is 16.5 Å². The predicted octanol–water partition coefficient (Wildman–Crippen LogP) is 4.25. The maximum absolute atomic E-state index is 13.1. The molecule has 0 fully saturated rings. The first-order valence-corrected chi connectivity index (χ1v) is 7.59. The van der Waals surface area contributed by atoms with E-state index in [0.29, 0.717) is 6.54 Å². The van der Waals surface area contributed by atoms with Gasteiger partial charge in [0.15, 0.2) is 0 Å². The lowest BCUT2D eigenvalue weighted by Crippen LogP contribution is -2.22.